The molecule has 0 aliphatic rings. The van der Waals surface area contributed by atoms with Gasteiger partial charge in [0.25, 0.3) is 5.91 Å². The molecule has 0 bridgehead atoms. The smallest absolute Gasteiger partial charge is 0.273 e. The fourth-order valence-corrected chi connectivity index (χ4v) is 3.60. The van der Waals surface area contributed by atoms with Gasteiger partial charge in [-0.25, -0.2) is 9.37 Å². The van der Waals surface area contributed by atoms with Crippen LogP contribution in [0.15, 0.2) is 60.1 Å². The number of carbonyl (C=O) groups excluding carboxylic acids is 1. The maximum Gasteiger partial charge on any atom is 0.273 e. The maximum absolute atomic E-state index is 13.1. The van der Waals surface area contributed by atoms with Crippen LogP contribution in [-0.2, 0) is 0 Å². The number of thiazole rings is 1. The number of aromatic nitrogens is 2. The van der Waals surface area contributed by atoms with Crippen molar-refractivity contribution in [2.24, 2.45) is 0 Å². The predicted octanol–water partition coefficient (Wildman–Crippen LogP) is 4.85. The molecule has 2 heterocycles. The van der Waals surface area contributed by atoms with Gasteiger partial charge in [-0.05, 0) is 43.3 Å². The van der Waals surface area contributed by atoms with E-state index in [-0.39, 0.29) is 11.7 Å². The molecule has 0 radical (unpaired) electrons. The Morgan fingerprint density at radius 2 is 2.00 bits per heavy atom. The molecule has 0 spiro atoms. The standard InChI is InChI=1S/C20H16FN3O2S/c1-2-26-18-6-4-3-5-15(18)22-19(25)17-12-27-20-23-16(11-24(17)20)13-7-9-14(21)10-8-13/h3-12H,2H2,1H3,(H,22,25). The van der Waals surface area contributed by atoms with Crippen LogP contribution in [0, 0.1) is 5.82 Å². The Labute approximate surface area is 159 Å². The molecule has 0 fully saturated rings. The lowest BCUT2D eigenvalue weighted by atomic mass is 10.2. The van der Waals surface area contributed by atoms with Crippen molar-refractivity contribution in [3.05, 3.63) is 71.6 Å². The van der Waals surface area contributed by atoms with Gasteiger partial charge in [-0.1, -0.05) is 12.1 Å². The number of para-hydroxylation sites is 2. The van der Waals surface area contributed by atoms with Crippen LogP contribution in [0.5, 0.6) is 5.75 Å². The van der Waals surface area contributed by atoms with Crippen molar-refractivity contribution in [3.63, 3.8) is 0 Å². The van der Waals surface area contributed by atoms with Crippen molar-refractivity contribution in [1.29, 1.82) is 0 Å². The van der Waals surface area contributed by atoms with E-state index in [2.05, 4.69) is 10.3 Å². The molecule has 2 aromatic carbocycles. The normalized spacial score (nSPS) is 10.9. The SMILES string of the molecule is CCOc1ccccc1NC(=O)c1csc2nc(-c3ccc(F)cc3)cn12. The monoisotopic (exact) mass is 381 g/mol. The highest BCUT2D eigenvalue weighted by Gasteiger charge is 2.16. The molecule has 27 heavy (non-hydrogen) atoms. The molecule has 0 saturated carbocycles. The second-order valence-corrected chi connectivity index (χ2v) is 6.63. The number of benzene rings is 2. The average Bonchev–Trinajstić information content (AvgIpc) is 3.25. The zero-order valence-electron chi connectivity index (χ0n) is 14.5. The third-order valence-corrected chi connectivity index (χ3v) is 4.86. The number of rotatable bonds is 5. The summed E-state index contributed by atoms with van der Waals surface area (Å²) < 4.78 is 20.4. The molecule has 0 atom stereocenters. The topological polar surface area (TPSA) is 55.6 Å². The first-order valence-corrected chi connectivity index (χ1v) is 9.29. The van der Waals surface area contributed by atoms with Crippen LogP contribution < -0.4 is 10.1 Å². The molecule has 7 heteroatoms. The van der Waals surface area contributed by atoms with Crippen molar-refractivity contribution in [3.8, 4) is 17.0 Å². The van der Waals surface area contributed by atoms with Gasteiger partial charge in [-0.15, -0.1) is 11.3 Å². The summed E-state index contributed by atoms with van der Waals surface area (Å²) in [5, 5.41) is 4.65. The maximum atomic E-state index is 13.1. The third-order valence-electron chi connectivity index (χ3n) is 4.02. The first-order valence-electron chi connectivity index (χ1n) is 8.41. The Hall–Kier alpha value is -3.19. The number of nitrogens with zero attached hydrogens (tertiary/aromatic N) is 2. The number of halogens is 1. The van der Waals surface area contributed by atoms with Gasteiger partial charge in [0.15, 0.2) is 4.96 Å². The minimum Gasteiger partial charge on any atom is -0.492 e. The van der Waals surface area contributed by atoms with E-state index in [0.717, 1.165) is 5.56 Å². The Bertz CT molecular complexity index is 1100. The van der Waals surface area contributed by atoms with Crippen molar-refractivity contribution in [2.45, 2.75) is 6.92 Å². The number of hydrogen-bond donors (Lipinski definition) is 1. The van der Waals surface area contributed by atoms with Crippen LogP contribution in [0.2, 0.25) is 0 Å². The minimum atomic E-state index is -0.298. The van der Waals surface area contributed by atoms with Gasteiger partial charge < -0.3 is 10.1 Å². The van der Waals surface area contributed by atoms with Crippen LogP contribution in [0.25, 0.3) is 16.2 Å². The first kappa shape index (κ1) is 17.2. The molecule has 4 rings (SSSR count). The molecule has 136 valence electrons. The lowest BCUT2D eigenvalue weighted by molar-refractivity contribution is 0.102. The molecular weight excluding hydrogens is 365 g/mol. The highest BCUT2D eigenvalue weighted by molar-refractivity contribution is 7.15. The Kier molecular flexibility index (Phi) is 4.60. The van der Waals surface area contributed by atoms with E-state index in [1.165, 1.54) is 23.5 Å². The second-order valence-electron chi connectivity index (χ2n) is 5.79. The molecular formula is C20H16FN3O2S. The van der Waals surface area contributed by atoms with Crippen LogP contribution >= 0.6 is 11.3 Å². The number of imidazole rings is 1. The van der Waals surface area contributed by atoms with Gasteiger partial charge in [0, 0.05) is 17.1 Å². The van der Waals surface area contributed by atoms with E-state index < -0.39 is 0 Å². The van der Waals surface area contributed by atoms with Crippen molar-refractivity contribution >= 4 is 27.9 Å². The lowest BCUT2D eigenvalue weighted by Crippen LogP contribution is -2.14. The molecule has 4 aromatic rings. The van der Waals surface area contributed by atoms with E-state index in [0.29, 0.717) is 34.4 Å². The van der Waals surface area contributed by atoms with E-state index >= 15 is 0 Å². The van der Waals surface area contributed by atoms with Gasteiger partial charge in [0.1, 0.15) is 17.3 Å². The number of carbonyl (C=O) groups is 1. The fraction of sp³-hybridized carbons (Fsp3) is 0.100. The molecule has 1 N–H and O–H groups in total. The van der Waals surface area contributed by atoms with Gasteiger partial charge >= 0.3 is 0 Å². The zero-order chi connectivity index (χ0) is 18.8. The lowest BCUT2D eigenvalue weighted by Gasteiger charge is -2.10. The predicted molar refractivity (Wildman–Crippen MR) is 104 cm³/mol. The zero-order valence-corrected chi connectivity index (χ0v) is 15.3. The van der Waals surface area contributed by atoms with Crippen LogP contribution in [0.1, 0.15) is 17.4 Å². The summed E-state index contributed by atoms with van der Waals surface area (Å²) in [7, 11) is 0. The highest BCUT2D eigenvalue weighted by atomic mass is 32.1. The molecule has 1 amide bonds. The van der Waals surface area contributed by atoms with Gasteiger partial charge in [0.05, 0.1) is 18.0 Å². The molecule has 0 aliphatic carbocycles. The fourth-order valence-electron chi connectivity index (χ4n) is 2.74. The number of nitrogens with one attached hydrogen (secondary N) is 1. The number of amides is 1. The summed E-state index contributed by atoms with van der Waals surface area (Å²) in [5.41, 5.74) is 2.57. The number of ether oxygens (including phenoxy) is 1. The van der Waals surface area contributed by atoms with Crippen LogP contribution in [0.3, 0.4) is 0 Å². The average molecular weight is 381 g/mol. The minimum absolute atomic E-state index is 0.253. The molecule has 0 unspecified atom stereocenters. The molecule has 2 aromatic heterocycles. The van der Waals surface area contributed by atoms with Gasteiger partial charge in [-0.2, -0.15) is 0 Å². The van der Waals surface area contributed by atoms with Crippen LogP contribution in [0.4, 0.5) is 10.1 Å². The van der Waals surface area contributed by atoms with Gasteiger partial charge in [-0.3, -0.25) is 9.20 Å². The Balaban J connectivity index is 1.64. The van der Waals surface area contributed by atoms with Crippen molar-refractivity contribution in [2.75, 3.05) is 11.9 Å². The second kappa shape index (κ2) is 7.20. The Morgan fingerprint density at radius 3 is 2.78 bits per heavy atom. The number of anilines is 1. The van der Waals surface area contributed by atoms with Crippen LogP contribution in [-0.4, -0.2) is 21.9 Å². The van der Waals surface area contributed by atoms with Gasteiger partial charge in [0.2, 0.25) is 0 Å². The summed E-state index contributed by atoms with van der Waals surface area (Å²) >= 11 is 1.37. The molecule has 0 aliphatic heterocycles. The quantitative estimate of drug-likeness (QED) is 0.537. The Morgan fingerprint density at radius 1 is 1.22 bits per heavy atom. The third kappa shape index (κ3) is 3.41. The van der Waals surface area contributed by atoms with E-state index in [4.69, 9.17) is 4.74 Å². The van der Waals surface area contributed by atoms with Crippen molar-refractivity contribution in [1.82, 2.24) is 9.38 Å². The molecule has 0 saturated heterocycles. The first-order chi connectivity index (χ1) is 13.2. The van der Waals surface area contributed by atoms with E-state index in [9.17, 15) is 9.18 Å². The summed E-state index contributed by atoms with van der Waals surface area (Å²) in [6, 6.07) is 13.4. The summed E-state index contributed by atoms with van der Waals surface area (Å²) in [4.78, 5) is 18.0. The molecule has 5 nitrogen and oxygen atoms in total. The number of hydrogen-bond acceptors (Lipinski definition) is 4. The van der Waals surface area contributed by atoms with E-state index in [1.54, 1.807) is 34.2 Å². The van der Waals surface area contributed by atoms with E-state index in [1.807, 2.05) is 25.1 Å². The van der Waals surface area contributed by atoms with Crippen molar-refractivity contribution < 1.29 is 13.9 Å². The summed E-state index contributed by atoms with van der Waals surface area (Å²) in [5.74, 6) is 0.0710. The summed E-state index contributed by atoms with van der Waals surface area (Å²) in [6.07, 6.45) is 1.78. The number of fused-ring (bicyclic) bond motifs is 1. The summed E-state index contributed by atoms with van der Waals surface area (Å²) in [6.45, 7) is 2.40. The highest BCUT2D eigenvalue weighted by Crippen LogP contribution is 2.27. The largest absolute Gasteiger partial charge is 0.492 e.